The number of aromatic carboxylic acids is 1. The van der Waals surface area contributed by atoms with Gasteiger partial charge >= 0.3 is 5.97 Å². The molecule has 0 aliphatic heterocycles. The fraction of sp³-hybridized carbons (Fsp3) is 0.136. The van der Waals surface area contributed by atoms with Crippen molar-refractivity contribution in [3.63, 3.8) is 0 Å². The Morgan fingerprint density at radius 1 is 1.33 bits per heavy atom. The first-order valence-electron chi connectivity index (χ1n) is 9.14. The molecule has 0 bridgehead atoms. The minimum absolute atomic E-state index is 0.0597. The van der Waals surface area contributed by atoms with Crippen LogP contribution in [0.25, 0.3) is 17.2 Å². The maximum absolute atomic E-state index is 15.0. The Morgan fingerprint density at radius 3 is 2.73 bits per heavy atom. The number of carboxylic acid groups (broad SMARTS) is 1. The molecule has 0 aliphatic rings. The largest absolute Gasteiger partial charge is 0.478 e. The molecular weight excluding hydrogens is 389 g/mol. The Labute approximate surface area is 172 Å². The Bertz CT molecular complexity index is 1120. The molecule has 1 aromatic heterocycles. The summed E-state index contributed by atoms with van der Waals surface area (Å²) in [7, 11) is 0. The van der Waals surface area contributed by atoms with Gasteiger partial charge in [0.05, 0.1) is 36.3 Å². The second kappa shape index (κ2) is 9.04. The Hall–Kier alpha value is -3.94. The molecule has 30 heavy (non-hydrogen) atoms. The van der Waals surface area contributed by atoms with Crippen molar-refractivity contribution in [2.24, 2.45) is 5.16 Å². The first kappa shape index (κ1) is 20.8. The van der Waals surface area contributed by atoms with Crippen LogP contribution in [0, 0.1) is 5.82 Å². The number of aromatic nitrogens is 2. The van der Waals surface area contributed by atoms with Gasteiger partial charge in [-0.1, -0.05) is 42.1 Å². The van der Waals surface area contributed by atoms with Gasteiger partial charge in [-0.3, -0.25) is 4.57 Å². The summed E-state index contributed by atoms with van der Waals surface area (Å²) in [6.45, 7) is 5.88. The summed E-state index contributed by atoms with van der Waals surface area (Å²) in [6, 6.07) is 11.2. The number of carboxylic acids is 1. The zero-order chi connectivity index (χ0) is 21.7. The first-order valence-corrected chi connectivity index (χ1v) is 9.14. The van der Waals surface area contributed by atoms with E-state index in [4.69, 9.17) is 9.94 Å². The van der Waals surface area contributed by atoms with Crippen LogP contribution in [0.2, 0.25) is 0 Å². The van der Waals surface area contributed by atoms with E-state index in [1.165, 1.54) is 24.4 Å². The molecule has 7 nitrogen and oxygen atoms in total. The molecule has 0 fully saturated rings. The zero-order valence-electron chi connectivity index (χ0n) is 16.2. The van der Waals surface area contributed by atoms with Crippen LogP contribution in [0.15, 0.2) is 54.2 Å². The van der Waals surface area contributed by atoms with Gasteiger partial charge < -0.3 is 15.1 Å². The smallest absolute Gasteiger partial charge is 0.336 e. The predicted octanol–water partition coefficient (Wildman–Crippen LogP) is 4.29. The number of ether oxygens (including phenoxy) is 1. The Balaban J connectivity index is 2.03. The third kappa shape index (κ3) is 4.07. The topological polar surface area (TPSA) is 96.9 Å². The Kier molecular flexibility index (Phi) is 6.26. The second-order valence-corrected chi connectivity index (χ2v) is 6.29. The number of carbonyl (C=O) groups is 1. The molecule has 0 amide bonds. The van der Waals surface area contributed by atoms with Crippen molar-refractivity contribution in [2.75, 3.05) is 6.61 Å². The van der Waals surface area contributed by atoms with Crippen LogP contribution in [-0.4, -0.2) is 38.7 Å². The van der Waals surface area contributed by atoms with Gasteiger partial charge in [0.2, 0.25) is 0 Å². The van der Waals surface area contributed by atoms with Crippen molar-refractivity contribution in [2.45, 2.75) is 13.5 Å². The summed E-state index contributed by atoms with van der Waals surface area (Å²) in [4.78, 5) is 15.7. The lowest BCUT2D eigenvalue weighted by atomic mass is 9.98. The minimum Gasteiger partial charge on any atom is -0.478 e. The summed E-state index contributed by atoms with van der Waals surface area (Å²) >= 11 is 0. The third-order valence-corrected chi connectivity index (χ3v) is 4.50. The van der Waals surface area contributed by atoms with Gasteiger partial charge in [-0.25, -0.2) is 9.18 Å². The van der Waals surface area contributed by atoms with Gasteiger partial charge in [-0.2, -0.15) is 4.98 Å². The van der Waals surface area contributed by atoms with Gasteiger partial charge in [-0.05, 0) is 36.3 Å². The lowest BCUT2D eigenvalue weighted by molar-refractivity contribution is 0.0697. The zero-order valence-corrected chi connectivity index (χ0v) is 16.2. The van der Waals surface area contributed by atoms with Crippen molar-refractivity contribution in [3.05, 3.63) is 77.4 Å². The molecular formula is C22H20FN3O4. The normalized spacial score (nSPS) is 11.0. The standard InChI is InChI=1S/C22H20FN3O4/c1-3-19-20(12-24-29)26(22(25-19)30-4-2)13-15-10-9-14(11-18(15)23)16-7-5-6-8-17(16)21(27)28/h3,5-12,29H,1,4,13H2,2H3,(H,27,28). The highest BCUT2D eigenvalue weighted by atomic mass is 19.1. The fourth-order valence-electron chi connectivity index (χ4n) is 3.13. The highest BCUT2D eigenvalue weighted by Gasteiger charge is 2.18. The van der Waals surface area contributed by atoms with Crippen molar-refractivity contribution < 1.29 is 24.2 Å². The van der Waals surface area contributed by atoms with Crippen molar-refractivity contribution in [1.29, 1.82) is 0 Å². The Morgan fingerprint density at radius 2 is 2.10 bits per heavy atom. The van der Waals surface area contributed by atoms with E-state index in [2.05, 4.69) is 16.7 Å². The van der Waals surface area contributed by atoms with Gasteiger partial charge in [0, 0.05) is 5.56 Å². The van der Waals surface area contributed by atoms with E-state index < -0.39 is 11.8 Å². The number of halogens is 1. The predicted molar refractivity (Wildman–Crippen MR) is 111 cm³/mol. The molecule has 2 N–H and O–H groups in total. The lowest BCUT2D eigenvalue weighted by Gasteiger charge is -2.12. The monoisotopic (exact) mass is 409 g/mol. The maximum Gasteiger partial charge on any atom is 0.336 e. The summed E-state index contributed by atoms with van der Waals surface area (Å²) in [5.74, 6) is -1.60. The number of rotatable bonds is 8. The molecule has 3 rings (SSSR count). The molecule has 0 saturated heterocycles. The van der Waals surface area contributed by atoms with Crippen LogP contribution < -0.4 is 4.74 Å². The fourth-order valence-corrected chi connectivity index (χ4v) is 3.13. The molecule has 3 aromatic rings. The average Bonchev–Trinajstić information content (AvgIpc) is 3.06. The SMILES string of the molecule is C=Cc1nc(OCC)n(Cc2ccc(-c3ccccc3C(=O)O)cc2F)c1C=NO. The van der Waals surface area contributed by atoms with Gasteiger partial charge in [0.25, 0.3) is 6.01 Å². The minimum atomic E-state index is -1.08. The van der Waals surface area contributed by atoms with Gasteiger partial charge in [0.15, 0.2) is 0 Å². The van der Waals surface area contributed by atoms with Crippen molar-refractivity contribution >= 4 is 18.3 Å². The molecule has 8 heteroatoms. The van der Waals surface area contributed by atoms with E-state index in [1.54, 1.807) is 41.8 Å². The molecule has 0 unspecified atom stereocenters. The van der Waals surface area contributed by atoms with Gasteiger partial charge in [0.1, 0.15) is 5.82 Å². The molecule has 1 heterocycles. The second-order valence-electron chi connectivity index (χ2n) is 6.29. The summed E-state index contributed by atoms with van der Waals surface area (Å²) in [6.07, 6.45) is 2.67. The number of hydrogen-bond acceptors (Lipinski definition) is 5. The third-order valence-electron chi connectivity index (χ3n) is 4.50. The molecule has 0 aliphatic carbocycles. The number of hydrogen-bond donors (Lipinski definition) is 2. The highest BCUT2D eigenvalue weighted by molar-refractivity contribution is 5.96. The molecule has 154 valence electrons. The number of imidazole rings is 1. The maximum atomic E-state index is 15.0. The van der Waals surface area contributed by atoms with Crippen LogP contribution in [0.5, 0.6) is 6.01 Å². The summed E-state index contributed by atoms with van der Waals surface area (Å²) < 4.78 is 22.1. The van der Waals surface area contributed by atoms with E-state index in [0.29, 0.717) is 34.7 Å². The highest BCUT2D eigenvalue weighted by Crippen LogP contribution is 2.27. The quantitative estimate of drug-likeness (QED) is 0.329. The van der Waals surface area contributed by atoms with Crippen LogP contribution in [-0.2, 0) is 6.54 Å². The molecule has 2 aromatic carbocycles. The first-order chi connectivity index (χ1) is 14.5. The van der Waals surface area contributed by atoms with Crippen molar-refractivity contribution in [3.8, 4) is 17.1 Å². The van der Waals surface area contributed by atoms with Crippen molar-refractivity contribution in [1.82, 2.24) is 9.55 Å². The van der Waals surface area contributed by atoms with Crippen LogP contribution in [0.3, 0.4) is 0 Å². The van der Waals surface area contributed by atoms with E-state index >= 15 is 0 Å². The number of nitrogens with zero attached hydrogens (tertiary/aromatic N) is 3. The number of benzene rings is 2. The summed E-state index contributed by atoms with van der Waals surface area (Å²) in [5, 5.41) is 21.4. The van der Waals surface area contributed by atoms with E-state index in [-0.39, 0.29) is 18.1 Å². The summed E-state index contributed by atoms with van der Waals surface area (Å²) in [5.41, 5.74) is 2.14. The van der Waals surface area contributed by atoms with E-state index in [1.807, 2.05) is 0 Å². The van der Waals surface area contributed by atoms with E-state index in [9.17, 15) is 14.3 Å². The molecule has 0 saturated carbocycles. The van der Waals surface area contributed by atoms with Crippen LogP contribution in [0.1, 0.15) is 34.2 Å². The van der Waals surface area contributed by atoms with Crippen LogP contribution in [0.4, 0.5) is 4.39 Å². The molecule has 0 spiro atoms. The van der Waals surface area contributed by atoms with E-state index in [0.717, 1.165) is 0 Å². The average molecular weight is 409 g/mol. The lowest BCUT2D eigenvalue weighted by Crippen LogP contribution is -2.09. The van der Waals surface area contributed by atoms with Gasteiger partial charge in [-0.15, -0.1) is 0 Å². The van der Waals surface area contributed by atoms with Crippen LogP contribution >= 0.6 is 0 Å². The molecule has 0 atom stereocenters. The molecule has 0 radical (unpaired) electrons. The number of oxime groups is 1.